The molecule has 0 bridgehead atoms. The first-order valence-electron chi connectivity index (χ1n) is 6.25. The van der Waals surface area contributed by atoms with E-state index >= 15 is 0 Å². The van der Waals surface area contributed by atoms with Crippen LogP contribution >= 0.6 is 0 Å². The van der Waals surface area contributed by atoms with Gasteiger partial charge in [-0.1, -0.05) is 25.3 Å². The highest BCUT2D eigenvalue weighted by molar-refractivity contribution is 5.31. The molecule has 0 amide bonds. The van der Waals surface area contributed by atoms with Gasteiger partial charge in [-0.05, 0) is 37.1 Å². The van der Waals surface area contributed by atoms with Crippen LogP contribution in [0.3, 0.4) is 0 Å². The lowest BCUT2D eigenvalue weighted by atomic mass is 9.79. The molecular formula is C14H20FNO. The number of hydrogen-bond donors (Lipinski definition) is 1. The Balaban J connectivity index is 2.09. The molecule has 0 radical (unpaired) electrons. The Bertz CT molecular complexity index is 376. The smallest absolute Gasteiger partial charge is 0.165 e. The Hall–Kier alpha value is -1.09. The van der Waals surface area contributed by atoms with Crippen molar-refractivity contribution in [2.75, 3.05) is 14.2 Å². The van der Waals surface area contributed by atoms with Gasteiger partial charge in [0.25, 0.3) is 0 Å². The fourth-order valence-electron chi connectivity index (χ4n) is 2.38. The quantitative estimate of drug-likeness (QED) is 0.848. The maximum absolute atomic E-state index is 13.6. The molecule has 0 spiro atoms. The monoisotopic (exact) mass is 237 g/mol. The predicted molar refractivity (Wildman–Crippen MR) is 66.7 cm³/mol. The first-order chi connectivity index (χ1) is 8.24. The number of methoxy groups -OCH3 is 1. The van der Waals surface area contributed by atoms with Crippen molar-refractivity contribution in [2.45, 2.75) is 31.7 Å². The zero-order valence-electron chi connectivity index (χ0n) is 10.5. The van der Waals surface area contributed by atoms with E-state index in [2.05, 4.69) is 5.32 Å². The van der Waals surface area contributed by atoms with E-state index in [0.29, 0.717) is 5.75 Å². The number of nitrogens with one attached hydrogen (secondary N) is 1. The molecule has 2 rings (SSSR count). The van der Waals surface area contributed by atoms with Crippen LogP contribution in [0, 0.1) is 11.7 Å². The topological polar surface area (TPSA) is 21.3 Å². The van der Waals surface area contributed by atoms with Crippen molar-refractivity contribution >= 4 is 0 Å². The number of benzene rings is 1. The van der Waals surface area contributed by atoms with Gasteiger partial charge in [-0.25, -0.2) is 4.39 Å². The van der Waals surface area contributed by atoms with E-state index in [1.54, 1.807) is 12.1 Å². The molecule has 17 heavy (non-hydrogen) atoms. The van der Waals surface area contributed by atoms with E-state index in [9.17, 15) is 4.39 Å². The van der Waals surface area contributed by atoms with Crippen LogP contribution in [0.5, 0.6) is 5.75 Å². The molecule has 1 aromatic rings. The summed E-state index contributed by atoms with van der Waals surface area (Å²) in [7, 11) is 3.42. The number of ether oxygens (including phenoxy) is 1. The van der Waals surface area contributed by atoms with Crippen molar-refractivity contribution in [3.63, 3.8) is 0 Å². The lowest BCUT2D eigenvalue weighted by molar-refractivity contribution is 0.265. The Labute approximate surface area is 102 Å². The normalized spacial score (nSPS) is 17.6. The van der Waals surface area contributed by atoms with Gasteiger partial charge >= 0.3 is 0 Å². The van der Waals surface area contributed by atoms with E-state index in [0.717, 1.165) is 17.9 Å². The second-order valence-corrected chi connectivity index (χ2v) is 4.77. The summed E-state index contributed by atoms with van der Waals surface area (Å²) in [6, 6.07) is 5.48. The van der Waals surface area contributed by atoms with E-state index < -0.39 is 0 Å². The summed E-state index contributed by atoms with van der Waals surface area (Å²) in [5.41, 5.74) is 1.01. The first kappa shape index (κ1) is 12.4. The lowest BCUT2D eigenvalue weighted by Gasteiger charge is -2.29. The highest BCUT2D eigenvalue weighted by Crippen LogP contribution is 2.35. The molecule has 2 nitrogen and oxygen atoms in total. The highest BCUT2D eigenvalue weighted by atomic mass is 19.1. The number of rotatable bonds is 5. The third-order valence-electron chi connectivity index (χ3n) is 3.72. The Morgan fingerprint density at radius 2 is 2.24 bits per heavy atom. The molecule has 0 aromatic heterocycles. The fourth-order valence-corrected chi connectivity index (χ4v) is 2.38. The molecular weight excluding hydrogens is 217 g/mol. The molecule has 1 aromatic carbocycles. The van der Waals surface area contributed by atoms with Gasteiger partial charge in [0.2, 0.25) is 0 Å². The van der Waals surface area contributed by atoms with Gasteiger partial charge in [0.05, 0.1) is 7.11 Å². The highest BCUT2D eigenvalue weighted by Gasteiger charge is 2.22. The van der Waals surface area contributed by atoms with E-state index in [4.69, 9.17) is 4.74 Å². The Morgan fingerprint density at radius 1 is 1.47 bits per heavy atom. The summed E-state index contributed by atoms with van der Waals surface area (Å²) >= 11 is 0. The van der Waals surface area contributed by atoms with Gasteiger partial charge in [0, 0.05) is 6.04 Å². The van der Waals surface area contributed by atoms with Crippen LogP contribution in [-0.2, 0) is 0 Å². The minimum Gasteiger partial charge on any atom is -0.494 e. The van der Waals surface area contributed by atoms with E-state index in [-0.39, 0.29) is 11.9 Å². The van der Waals surface area contributed by atoms with Crippen LogP contribution in [0.1, 0.15) is 37.3 Å². The van der Waals surface area contributed by atoms with Gasteiger partial charge < -0.3 is 10.1 Å². The largest absolute Gasteiger partial charge is 0.494 e. The third-order valence-corrected chi connectivity index (χ3v) is 3.72. The van der Waals surface area contributed by atoms with Gasteiger partial charge in [0.1, 0.15) is 0 Å². The SMILES string of the molecule is CNC(CC1CCC1)c1ccc(OC)c(F)c1. The fraction of sp³-hybridized carbons (Fsp3) is 0.571. The van der Waals surface area contributed by atoms with Crippen molar-refractivity contribution in [1.29, 1.82) is 0 Å². The average Bonchev–Trinajstić information content (AvgIpc) is 2.28. The van der Waals surface area contributed by atoms with Crippen LogP contribution < -0.4 is 10.1 Å². The molecule has 3 heteroatoms. The summed E-state index contributed by atoms with van der Waals surface area (Å²) < 4.78 is 18.6. The first-order valence-corrected chi connectivity index (χ1v) is 6.25. The van der Waals surface area contributed by atoms with Crippen molar-refractivity contribution in [3.05, 3.63) is 29.6 Å². The van der Waals surface area contributed by atoms with Gasteiger partial charge in [-0.15, -0.1) is 0 Å². The maximum Gasteiger partial charge on any atom is 0.165 e. The van der Waals surface area contributed by atoms with Crippen molar-refractivity contribution < 1.29 is 9.13 Å². The van der Waals surface area contributed by atoms with E-state index in [1.165, 1.54) is 26.4 Å². The Morgan fingerprint density at radius 3 is 2.71 bits per heavy atom. The zero-order chi connectivity index (χ0) is 12.3. The summed E-state index contributed by atoms with van der Waals surface area (Å²) in [6.07, 6.45) is 5.08. The summed E-state index contributed by atoms with van der Waals surface area (Å²) in [5, 5.41) is 3.27. The molecule has 94 valence electrons. The van der Waals surface area contributed by atoms with Crippen molar-refractivity contribution in [2.24, 2.45) is 5.92 Å². The summed E-state index contributed by atoms with van der Waals surface area (Å²) in [6.45, 7) is 0. The molecule has 1 aliphatic carbocycles. The predicted octanol–water partition coefficient (Wildman–Crippen LogP) is 3.29. The molecule has 1 atom stereocenters. The minimum absolute atomic E-state index is 0.251. The second kappa shape index (κ2) is 5.50. The van der Waals surface area contributed by atoms with Crippen LogP contribution in [0.2, 0.25) is 0 Å². The molecule has 0 heterocycles. The summed E-state index contributed by atoms with van der Waals surface area (Å²) in [5.74, 6) is 0.837. The summed E-state index contributed by atoms with van der Waals surface area (Å²) in [4.78, 5) is 0. The van der Waals surface area contributed by atoms with Gasteiger partial charge in [0.15, 0.2) is 11.6 Å². The third kappa shape index (κ3) is 2.78. The molecule has 1 N–H and O–H groups in total. The maximum atomic E-state index is 13.6. The van der Waals surface area contributed by atoms with Crippen molar-refractivity contribution in [1.82, 2.24) is 5.32 Å². The Kier molecular flexibility index (Phi) is 4.00. The van der Waals surface area contributed by atoms with Gasteiger partial charge in [-0.3, -0.25) is 0 Å². The molecule has 0 saturated heterocycles. The van der Waals surface area contributed by atoms with Crippen LogP contribution in [0.25, 0.3) is 0 Å². The van der Waals surface area contributed by atoms with Crippen molar-refractivity contribution in [3.8, 4) is 5.75 Å². The minimum atomic E-state index is -0.279. The standard InChI is InChI=1S/C14H20FNO/c1-16-13(8-10-4-3-5-10)11-6-7-14(17-2)12(15)9-11/h6-7,9-10,13,16H,3-5,8H2,1-2H3. The second-order valence-electron chi connectivity index (χ2n) is 4.77. The molecule has 1 unspecified atom stereocenters. The molecule has 1 saturated carbocycles. The average molecular weight is 237 g/mol. The van der Waals surface area contributed by atoms with Crippen LogP contribution in [0.4, 0.5) is 4.39 Å². The lowest BCUT2D eigenvalue weighted by Crippen LogP contribution is -2.23. The van der Waals surface area contributed by atoms with Gasteiger partial charge in [-0.2, -0.15) is 0 Å². The van der Waals surface area contributed by atoms with Crippen LogP contribution in [0.15, 0.2) is 18.2 Å². The van der Waals surface area contributed by atoms with Crippen LogP contribution in [-0.4, -0.2) is 14.2 Å². The number of halogens is 1. The molecule has 0 aliphatic heterocycles. The number of hydrogen-bond acceptors (Lipinski definition) is 2. The zero-order valence-corrected chi connectivity index (χ0v) is 10.5. The van der Waals surface area contributed by atoms with E-state index in [1.807, 2.05) is 13.1 Å². The molecule has 1 aliphatic rings. The molecule has 1 fully saturated rings.